The first kappa shape index (κ1) is 28.1. The molecule has 4 aromatic rings. The lowest BCUT2D eigenvalue weighted by Crippen LogP contribution is -2.38. The Labute approximate surface area is 232 Å². The third-order valence-corrected chi connectivity index (χ3v) is 7.69. The van der Waals surface area contributed by atoms with Crippen LogP contribution >= 0.6 is 7.60 Å². The Morgan fingerprint density at radius 3 is 1.70 bits per heavy atom. The van der Waals surface area contributed by atoms with Crippen molar-refractivity contribution >= 4 is 25.3 Å². The number of ether oxygens (including phenoxy) is 1. The summed E-state index contributed by atoms with van der Waals surface area (Å²) < 4.78 is 32.7. The Hall–Kier alpha value is -4.95. The van der Waals surface area contributed by atoms with Crippen molar-refractivity contribution < 1.29 is 28.3 Å². The third-order valence-electron chi connectivity index (χ3n) is 5.59. The van der Waals surface area contributed by atoms with Crippen LogP contribution in [0.3, 0.4) is 0 Å². The molecular weight excluding hydrogens is 531 g/mol. The van der Waals surface area contributed by atoms with Crippen LogP contribution in [0.5, 0.6) is 17.2 Å². The minimum atomic E-state index is -4.36. The monoisotopic (exact) mass is 560 g/mol. The number of amides is 1. The summed E-state index contributed by atoms with van der Waals surface area (Å²) >= 11 is 0. The molecule has 1 amide bonds. The van der Waals surface area contributed by atoms with Crippen molar-refractivity contribution in [3.05, 3.63) is 121 Å². The molecule has 0 fully saturated rings. The molecule has 40 heavy (non-hydrogen) atoms. The average molecular weight is 561 g/mol. The van der Waals surface area contributed by atoms with Crippen LogP contribution in [0.4, 0.5) is 10.5 Å². The highest BCUT2D eigenvalue weighted by molar-refractivity contribution is 7.55. The van der Waals surface area contributed by atoms with Gasteiger partial charge in [0.15, 0.2) is 11.7 Å². The predicted molar refractivity (Wildman–Crippen MR) is 153 cm³/mol. The van der Waals surface area contributed by atoms with Crippen LogP contribution in [0.2, 0.25) is 0 Å². The van der Waals surface area contributed by atoms with E-state index in [1.54, 1.807) is 109 Å². The maximum atomic E-state index is 14.8. The lowest BCUT2D eigenvalue weighted by Gasteiger charge is -2.34. The van der Waals surface area contributed by atoms with Gasteiger partial charge in [-0.25, -0.2) is 14.4 Å². The molecule has 0 heterocycles. The quantitative estimate of drug-likeness (QED) is 0.108. The predicted octanol–water partition coefficient (Wildman–Crippen LogP) is 6.00. The number of hydrogen-bond acceptors (Lipinski definition) is 6. The molecule has 5 N–H and O–H groups in total. The second kappa shape index (κ2) is 13.2. The van der Waals surface area contributed by atoms with E-state index in [2.05, 4.69) is 4.99 Å². The average Bonchev–Trinajstić information content (AvgIpc) is 2.94. The molecule has 0 bridgehead atoms. The third kappa shape index (κ3) is 7.55. The summed E-state index contributed by atoms with van der Waals surface area (Å²) in [4.78, 5) is 17.7. The fourth-order valence-electron chi connectivity index (χ4n) is 3.88. The SMILES string of the molecule is NC(N)=Nc1ccc(C(N(CCOc2ccccc2)C(=O)O)P(=O)(Oc2ccccc2)Oc2ccccc2)cc1. The summed E-state index contributed by atoms with van der Waals surface area (Å²) in [6.45, 7) is -0.166. The van der Waals surface area contributed by atoms with Gasteiger partial charge in [0, 0.05) is 0 Å². The van der Waals surface area contributed by atoms with Crippen LogP contribution in [0.1, 0.15) is 11.3 Å². The molecule has 0 saturated carbocycles. The van der Waals surface area contributed by atoms with Crippen LogP contribution in [-0.4, -0.2) is 35.2 Å². The second-order valence-corrected chi connectivity index (χ2v) is 10.4. The van der Waals surface area contributed by atoms with Crippen molar-refractivity contribution in [2.75, 3.05) is 13.2 Å². The topological polar surface area (TPSA) is 150 Å². The summed E-state index contributed by atoms with van der Waals surface area (Å²) in [6, 6.07) is 32.2. The van der Waals surface area contributed by atoms with Gasteiger partial charge in [0.05, 0.1) is 12.2 Å². The highest BCUT2D eigenvalue weighted by Gasteiger charge is 2.46. The molecule has 0 aliphatic rings. The first-order valence-corrected chi connectivity index (χ1v) is 13.9. The number of carboxylic acid groups (broad SMARTS) is 1. The maximum absolute atomic E-state index is 14.8. The van der Waals surface area contributed by atoms with Crippen molar-refractivity contribution in [2.24, 2.45) is 16.5 Å². The Balaban J connectivity index is 1.78. The minimum absolute atomic E-state index is 0.0183. The van der Waals surface area contributed by atoms with E-state index in [0.29, 0.717) is 17.0 Å². The Morgan fingerprint density at radius 2 is 1.25 bits per heavy atom. The first-order valence-electron chi connectivity index (χ1n) is 12.3. The Bertz CT molecular complexity index is 1410. The van der Waals surface area contributed by atoms with E-state index in [9.17, 15) is 14.5 Å². The number of hydrogen-bond donors (Lipinski definition) is 3. The maximum Gasteiger partial charge on any atom is 0.457 e. The van der Waals surface area contributed by atoms with E-state index in [-0.39, 0.29) is 30.6 Å². The van der Waals surface area contributed by atoms with E-state index in [0.717, 1.165) is 4.90 Å². The molecule has 1 unspecified atom stereocenters. The lowest BCUT2D eigenvalue weighted by molar-refractivity contribution is 0.123. The highest BCUT2D eigenvalue weighted by atomic mass is 31.2. The zero-order chi connectivity index (χ0) is 28.4. The number of para-hydroxylation sites is 3. The van der Waals surface area contributed by atoms with Crippen LogP contribution in [-0.2, 0) is 4.57 Å². The molecule has 0 saturated heterocycles. The Morgan fingerprint density at radius 1 is 0.775 bits per heavy atom. The molecule has 206 valence electrons. The molecule has 4 aromatic carbocycles. The zero-order valence-electron chi connectivity index (χ0n) is 21.4. The van der Waals surface area contributed by atoms with Crippen molar-refractivity contribution in [3.8, 4) is 17.2 Å². The van der Waals surface area contributed by atoms with Gasteiger partial charge in [-0.3, -0.25) is 4.90 Å². The molecule has 10 nitrogen and oxygen atoms in total. The van der Waals surface area contributed by atoms with Gasteiger partial charge in [-0.15, -0.1) is 0 Å². The van der Waals surface area contributed by atoms with Gasteiger partial charge in [0.25, 0.3) is 0 Å². The number of nitrogens with two attached hydrogens (primary N) is 2. The molecule has 0 aliphatic carbocycles. The van der Waals surface area contributed by atoms with Crippen LogP contribution in [0.25, 0.3) is 0 Å². The first-order chi connectivity index (χ1) is 19.3. The zero-order valence-corrected chi connectivity index (χ0v) is 22.3. The number of nitrogens with zero attached hydrogens (tertiary/aromatic N) is 2. The van der Waals surface area contributed by atoms with Gasteiger partial charge in [0.1, 0.15) is 23.9 Å². The summed E-state index contributed by atoms with van der Waals surface area (Å²) in [5.41, 5.74) is 11.8. The number of guanidine groups is 1. The number of aliphatic imine (C=N–C) groups is 1. The summed E-state index contributed by atoms with van der Waals surface area (Å²) in [6.07, 6.45) is -1.34. The van der Waals surface area contributed by atoms with E-state index in [4.69, 9.17) is 25.3 Å². The standard InChI is InChI=1S/C29H29N4O6P/c30-28(31)32-23-18-16-22(17-19-23)27(33(29(34)35)20-21-37-24-10-4-1-5-11-24)40(36,38-25-12-6-2-7-13-25)39-26-14-8-3-9-15-26/h1-19,27H,20-21H2,(H,34,35)(H4,30,31,32). The fourth-order valence-corrected chi connectivity index (χ4v) is 6.04. The van der Waals surface area contributed by atoms with Gasteiger partial charge < -0.3 is 30.4 Å². The molecule has 0 radical (unpaired) electrons. The molecule has 0 aromatic heterocycles. The van der Waals surface area contributed by atoms with Gasteiger partial charge in [-0.05, 0) is 54.1 Å². The number of rotatable bonds is 12. The van der Waals surface area contributed by atoms with Gasteiger partial charge in [-0.1, -0.05) is 66.7 Å². The number of benzene rings is 4. The van der Waals surface area contributed by atoms with Crippen LogP contribution in [0.15, 0.2) is 120 Å². The van der Waals surface area contributed by atoms with Crippen molar-refractivity contribution in [1.82, 2.24) is 4.90 Å². The molecule has 0 aliphatic heterocycles. The normalized spacial score (nSPS) is 11.6. The van der Waals surface area contributed by atoms with Gasteiger partial charge in [0.2, 0.25) is 0 Å². The second-order valence-electron chi connectivity index (χ2n) is 8.49. The smallest absolute Gasteiger partial charge is 0.457 e. The molecule has 1 atom stereocenters. The highest BCUT2D eigenvalue weighted by Crippen LogP contribution is 2.61. The Kier molecular flexibility index (Phi) is 9.27. The van der Waals surface area contributed by atoms with E-state index in [1.807, 2.05) is 6.07 Å². The number of carbonyl (C=O) groups is 1. The summed E-state index contributed by atoms with van der Waals surface area (Å²) in [5.74, 6) is -0.474. The van der Waals surface area contributed by atoms with Crippen molar-refractivity contribution in [2.45, 2.75) is 5.78 Å². The van der Waals surface area contributed by atoms with E-state index < -0.39 is 19.5 Å². The van der Waals surface area contributed by atoms with E-state index in [1.165, 1.54) is 0 Å². The lowest BCUT2D eigenvalue weighted by atomic mass is 10.2. The van der Waals surface area contributed by atoms with Crippen LogP contribution in [0, 0.1) is 0 Å². The fraction of sp³-hybridized carbons (Fsp3) is 0.103. The van der Waals surface area contributed by atoms with Crippen LogP contribution < -0.4 is 25.3 Å². The molecule has 4 rings (SSSR count). The van der Waals surface area contributed by atoms with Gasteiger partial charge in [-0.2, -0.15) is 0 Å². The summed E-state index contributed by atoms with van der Waals surface area (Å²) in [7, 11) is -4.36. The van der Waals surface area contributed by atoms with E-state index >= 15 is 0 Å². The molecule has 0 spiro atoms. The van der Waals surface area contributed by atoms with Gasteiger partial charge >= 0.3 is 13.7 Å². The molecule has 11 heteroatoms. The van der Waals surface area contributed by atoms with Crippen molar-refractivity contribution in [3.63, 3.8) is 0 Å². The molecular formula is C29H29N4O6P. The van der Waals surface area contributed by atoms with Crippen molar-refractivity contribution in [1.29, 1.82) is 0 Å². The summed E-state index contributed by atoms with van der Waals surface area (Å²) in [5, 5.41) is 10.4. The minimum Gasteiger partial charge on any atom is -0.492 e. The largest absolute Gasteiger partial charge is 0.492 e.